The number of rotatable bonds is 6. The molecule has 0 saturated heterocycles. The second-order valence-corrected chi connectivity index (χ2v) is 7.67. The molecule has 0 aliphatic rings. The molecule has 3 aromatic heterocycles. The molecule has 2 N–H and O–H groups in total. The van der Waals surface area contributed by atoms with Gasteiger partial charge in [0.1, 0.15) is 11.5 Å². The van der Waals surface area contributed by atoms with Crippen molar-refractivity contribution in [1.29, 1.82) is 0 Å². The molecule has 0 aliphatic heterocycles. The Morgan fingerprint density at radius 2 is 2.00 bits per heavy atom. The van der Waals surface area contributed by atoms with Gasteiger partial charge >= 0.3 is 0 Å². The molecule has 0 spiro atoms. The SMILES string of the molecule is C=C(Nc1cncc(-c2cccc(F)c2)c1C)c1n[nH]/c(=C/C=C(\C)c2ccccn2)c1=C. The molecule has 0 fully saturated rings. The highest BCUT2D eigenvalue weighted by Gasteiger charge is 2.11. The smallest absolute Gasteiger partial charge is 0.123 e. The van der Waals surface area contributed by atoms with Crippen LogP contribution in [0.3, 0.4) is 0 Å². The van der Waals surface area contributed by atoms with E-state index in [1.165, 1.54) is 12.1 Å². The van der Waals surface area contributed by atoms with Gasteiger partial charge in [0.05, 0.1) is 28.6 Å². The Kier molecular flexibility index (Phi) is 6.26. The largest absolute Gasteiger partial charge is 0.353 e. The van der Waals surface area contributed by atoms with Gasteiger partial charge < -0.3 is 5.32 Å². The number of nitrogens with one attached hydrogen (secondary N) is 2. The number of halogens is 1. The molecule has 4 aromatic rings. The monoisotopic (exact) mass is 437 g/mol. The number of aromatic nitrogens is 4. The fourth-order valence-corrected chi connectivity index (χ4v) is 3.48. The van der Waals surface area contributed by atoms with Gasteiger partial charge in [0, 0.05) is 23.2 Å². The lowest BCUT2D eigenvalue weighted by molar-refractivity contribution is 0.628. The maximum Gasteiger partial charge on any atom is 0.123 e. The molecular weight excluding hydrogens is 413 g/mol. The summed E-state index contributed by atoms with van der Waals surface area (Å²) in [6.07, 6.45) is 9.10. The second-order valence-electron chi connectivity index (χ2n) is 7.67. The molecule has 164 valence electrons. The summed E-state index contributed by atoms with van der Waals surface area (Å²) in [5, 5.41) is 12.2. The Hall–Kier alpha value is -4.32. The zero-order valence-corrected chi connectivity index (χ0v) is 18.6. The lowest BCUT2D eigenvalue weighted by Gasteiger charge is -2.13. The van der Waals surface area contributed by atoms with E-state index in [1.807, 2.05) is 50.3 Å². The van der Waals surface area contributed by atoms with E-state index in [2.05, 4.69) is 38.6 Å². The van der Waals surface area contributed by atoms with Gasteiger partial charge in [-0.1, -0.05) is 37.4 Å². The van der Waals surface area contributed by atoms with Crippen LogP contribution in [0.15, 0.2) is 73.7 Å². The van der Waals surface area contributed by atoms with E-state index in [0.717, 1.165) is 44.2 Å². The topological polar surface area (TPSA) is 66.5 Å². The van der Waals surface area contributed by atoms with E-state index < -0.39 is 0 Å². The van der Waals surface area contributed by atoms with Crippen LogP contribution < -0.4 is 15.9 Å². The van der Waals surface area contributed by atoms with Crippen LogP contribution in [0, 0.1) is 12.7 Å². The van der Waals surface area contributed by atoms with Crippen molar-refractivity contribution in [3.8, 4) is 11.1 Å². The summed E-state index contributed by atoms with van der Waals surface area (Å²) >= 11 is 0. The molecule has 0 atom stereocenters. The Morgan fingerprint density at radius 3 is 2.76 bits per heavy atom. The average molecular weight is 438 g/mol. The number of pyridine rings is 2. The van der Waals surface area contributed by atoms with Crippen molar-refractivity contribution in [3.63, 3.8) is 0 Å². The van der Waals surface area contributed by atoms with Gasteiger partial charge in [-0.25, -0.2) is 4.39 Å². The number of hydrogen-bond acceptors (Lipinski definition) is 4. The lowest BCUT2D eigenvalue weighted by atomic mass is 10.0. The Morgan fingerprint density at radius 1 is 1.15 bits per heavy atom. The molecule has 3 heterocycles. The first-order valence-electron chi connectivity index (χ1n) is 10.4. The molecule has 1 aromatic carbocycles. The first-order chi connectivity index (χ1) is 15.9. The zero-order chi connectivity index (χ0) is 23.4. The maximum atomic E-state index is 13.7. The summed E-state index contributed by atoms with van der Waals surface area (Å²) in [6.45, 7) is 12.3. The highest BCUT2D eigenvalue weighted by atomic mass is 19.1. The molecule has 0 unspecified atom stereocenters. The van der Waals surface area contributed by atoms with Gasteiger partial charge in [0.15, 0.2) is 0 Å². The standard InChI is InChI=1S/C27H24FN5/c1-17(24-10-5-6-13-30-24)11-12-25-19(3)27(33-32-25)20(4)31-26-16-29-15-23(18(26)2)21-8-7-9-22(28)14-21/h5-16,31-32H,3-4H2,1-2H3/b17-11+,25-12+. The quantitative estimate of drug-likeness (QED) is 0.459. The predicted molar refractivity (Wildman–Crippen MR) is 133 cm³/mol. The van der Waals surface area contributed by atoms with Crippen molar-refractivity contribution in [2.75, 3.05) is 5.32 Å². The maximum absolute atomic E-state index is 13.7. The van der Waals surface area contributed by atoms with Gasteiger partial charge in [-0.3, -0.25) is 15.1 Å². The van der Waals surface area contributed by atoms with E-state index in [9.17, 15) is 4.39 Å². The molecule has 4 rings (SSSR count). The van der Waals surface area contributed by atoms with Crippen LogP contribution >= 0.6 is 0 Å². The molecular formula is C27H24FN5. The summed E-state index contributed by atoms with van der Waals surface area (Å²) in [4.78, 5) is 8.67. The Balaban J connectivity index is 1.59. The van der Waals surface area contributed by atoms with Crippen molar-refractivity contribution < 1.29 is 4.39 Å². The minimum atomic E-state index is -0.288. The third-order valence-corrected chi connectivity index (χ3v) is 5.39. The molecule has 0 aliphatic carbocycles. The van der Waals surface area contributed by atoms with Crippen molar-refractivity contribution in [3.05, 3.63) is 107 Å². The van der Waals surface area contributed by atoms with Crippen LogP contribution in [-0.2, 0) is 0 Å². The van der Waals surface area contributed by atoms with Crippen LogP contribution in [0.4, 0.5) is 10.1 Å². The summed E-state index contributed by atoms with van der Waals surface area (Å²) in [6, 6.07) is 12.3. The van der Waals surface area contributed by atoms with Crippen LogP contribution in [-0.4, -0.2) is 20.2 Å². The first-order valence-corrected chi connectivity index (χ1v) is 10.4. The fourth-order valence-electron chi connectivity index (χ4n) is 3.48. The first kappa shape index (κ1) is 21.9. The van der Waals surface area contributed by atoms with E-state index in [1.54, 1.807) is 24.7 Å². The molecule has 5 nitrogen and oxygen atoms in total. The number of benzene rings is 1. The minimum absolute atomic E-state index is 0.288. The molecule has 0 amide bonds. The number of nitrogens with zero attached hydrogens (tertiary/aromatic N) is 3. The van der Waals surface area contributed by atoms with Gasteiger partial charge in [-0.05, 0) is 60.9 Å². The number of hydrogen-bond donors (Lipinski definition) is 2. The Bertz CT molecular complexity index is 1450. The highest BCUT2D eigenvalue weighted by molar-refractivity contribution is 5.79. The minimum Gasteiger partial charge on any atom is -0.353 e. The third-order valence-electron chi connectivity index (χ3n) is 5.39. The predicted octanol–water partition coefficient (Wildman–Crippen LogP) is 4.69. The Labute approximate surface area is 191 Å². The molecule has 0 bridgehead atoms. The number of allylic oxidation sites excluding steroid dienone is 2. The van der Waals surface area contributed by atoms with Crippen molar-refractivity contribution in [2.24, 2.45) is 0 Å². The number of aromatic amines is 1. The third kappa shape index (κ3) is 4.80. The van der Waals surface area contributed by atoms with E-state index in [0.29, 0.717) is 11.4 Å². The highest BCUT2D eigenvalue weighted by Crippen LogP contribution is 2.29. The van der Waals surface area contributed by atoms with Gasteiger partial charge in [0.25, 0.3) is 0 Å². The summed E-state index contributed by atoms with van der Waals surface area (Å²) in [7, 11) is 0. The van der Waals surface area contributed by atoms with Crippen LogP contribution in [0.2, 0.25) is 0 Å². The van der Waals surface area contributed by atoms with E-state index in [4.69, 9.17) is 0 Å². The van der Waals surface area contributed by atoms with E-state index in [-0.39, 0.29) is 5.82 Å². The number of H-pyrrole nitrogens is 1. The lowest BCUT2D eigenvalue weighted by Crippen LogP contribution is -2.23. The number of anilines is 1. The van der Waals surface area contributed by atoms with Crippen molar-refractivity contribution in [2.45, 2.75) is 13.8 Å². The fraction of sp³-hybridized carbons (Fsp3) is 0.0741. The zero-order valence-electron chi connectivity index (χ0n) is 18.6. The molecule has 0 radical (unpaired) electrons. The van der Waals surface area contributed by atoms with Gasteiger partial charge in [0.2, 0.25) is 0 Å². The summed E-state index contributed by atoms with van der Waals surface area (Å²) in [5.74, 6) is -0.288. The van der Waals surface area contributed by atoms with Gasteiger partial charge in [-0.2, -0.15) is 5.10 Å². The van der Waals surface area contributed by atoms with Crippen LogP contribution in [0.25, 0.3) is 35.1 Å². The van der Waals surface area contributed by atoms with Gasteiger partial charge in [-0.15, -0.1) is 0 Å². The molecule has 33 heavy (non-hydrogen) atoms. The van der Waals surface area contributed by atoms with Crippen molar-refractivity contribution >= 4 is 29.6 Å². The van der Waals surface area contributed by atoms with Crippen LogP contribution in [0.1, 0.15) is 23.9 Å². The summed E-state index contributed by atoms with van der Waals surface area (Å²) < 4.78 is 13.7. The second kappa shape index (κ2) is 9.44. The normalized spacial score (nSPS) is 12.1. The summed E-state index contributed by atoms with van der Waals surface area (Å²) in [5.41, 5.74) is 6.44. The molecule has 6 heteroatoms. The molecule has 0 saturated carbocycles. The van der Waals surface area contributed by atoms with Crippen LogP contribution in [0.5, 0.6) is 0 Å². The average Bonchev–Trinajstić information content (AvgIpc) is 3.19. The van der Waals surface area contributed by atoms with E-state index >= 15 is 0 Å². The van der Waals surface area contributed by atoms with Crippen molar-refractivity contribution in [1.82, 2.24) is 20.2 Å².